The van der Waals surface area contributed by atoms with E-state index in [9.17, 15) is 36.9 Å². The van der Waals surface area contributed by atoms with Crippen molar-refractivity contribution in [2.75, 3.05) is 11.9 Å². The molecule has 0 atom stereocenters. The highest BCUT2D eigenvalue weighted by Crippen LogP contribution is 2.41. The first-order valence-electron chi connectivity index (χ1n) is 9.50. The largest absolute Gasteiger partial charge is 0.487 e. The van der Waals surface area contributed by atoms with Crippen molar-refractivity contribution in [3.05, 3.63) is 57.5 Å². The summed E-state index contributed by atoms with van der Waals surface area (Å²) in [6, 6.07) is 3.81. The smallest absolute Gasteiger partial charge is 0.433 e. The van der Waals surface area contributed by atoms with E-state index in [1.165, 1.54) is 0 Å². The van der Waals surface area contributed by atoms with Crippen LogP contribution in [-0.4, -0.2) is 38.5 Å². The van der Waals surface area contributed by atoms with E-state index in [0.29, 0.717) is 17.4 Å². The highest BCUT2D eigenvalue weighted by atomic mass is 19.4. The molecule has 2 aromatic heterocycles. The monoisotopic (exact) mass is 471 g/mol. The van der Waals surface area contributed by atoms with Crippen LogP contribution in [0.15, 0.2) is 30.5 Å². The van der Waals surface area contributed by atoms with Gasteiger partial charge in [-0.3, -0.25) is 14.9 Å². The number of nitro groups is 1. The number of aromatic nitrogens is 3. The molecule has 0 bridgehead atoms. The number of benzene rings is 1. The number of non-ortho nitro benzene ring substituents is 1. The minimum atomic E-state index is -4.75. The van der Waals surface area contributed by atoms with Crippen LogP contribution in [0, 0.1) is 10.1 Å². The third-order valence-electron chi connectivity index (χ3n) is 4.76. The fraction of sp³-hybridized carbons (Fsp3) is 0.316. The van der Waals surface area contributed by atoms with Crippen LogP contribution in [0.25, 0.3) is 5.65 Å². The number of carbonyl (C=O) groups excluding carboxylic acids is 1. The number of hydrogen-bond donors (Lipinski definition) is 1. The molecule has 14 heteroatoms. The molecule has 1 N–H and O–H groups in total. The third-order valence-corrected chi connectivity index (χ3v) is 4.76. The van der Waals surface area contributed by atoms with Crippen molar-refractivity contribution in [3.8, 4) is 5.75 Å². The topological polar surface area (TPSA) is 112 Å². The van der Waals surface area contributed by atoms with Gasteiger partial charge in [0.1, 0.15) is 23.6 Å². The van der Waals surface area contributed by atoms with Crippen molar-refractivity contribution >= 4 is 22.9 Å². The number of hydrogen-bond acceptors (Lipinski definition) is 6. The average Bonchev–Trinajstić information content (AvgIpc) is 3.49. The van der Waals surface area contributed by atoms with Gasteiger partial charge in [0.15, 0.2) is 5.65 Å². The first-order chi connectivity index (χ1) is 15.5. The van der Waals surface area contributed by atoms with Gasteiger partial charge in [-0.25, -0.2) is 18.3 Å². The molecule has 0 radical (unpaired) electrons. The van der Waals surface area contributed by atoms with Gasteiger partial charge in [0.2, 0.25) is 0 Å². The normalized spacial score (nSPS) is 14.0. The highest BCUT2D eigenvalue weighted by molar-refractivity contribution is 6.08. The maximum absolute atomic E-state index is 13.5. The van der Waals surface area contributed by atoms with E-state index in [1.54, 1.807) is 0 Å². The van der Waals surface area contributed by atoms with Crippen LogP contribution < -0.4 is 10.1 Å². The number of nitro benzene ring substituents is 1. The van der Waals surface area contributed by atoms with Crippen molar-refractivity contribution in [3.63, 3.8) is 0 Å². The highest BCUT2D eigenvalue weighted by Gasteiger charge is 2.38. The first kappa shape index (κ1) is 22.4. The van der Waals surface area contributed by atoms with Crippen LogP contribution in [0.3, 0.4) is 0 Å². The van der Waals surface area contributed by atoms with Crippen LogP contribution in [0.4, 0.5) is 33.3 Å². The summed E-state index contributed by atoms with van der Waals surface area (Å²) in [5.74, 6) is -1.39. The van der Waals surface area contributed by atoms with Crippen LogP contribution in [-0.2, 0) is 6.18 Å². The van der Waals surface area contributed by atoms with E-state index in [2.05, 4.69) is 15.4 Å². The zero-order chi connectivity index (χ0) is 23.9. The molecule has 1 aromatic carbocycles. The number of nitrogens with zero attached hydrogens (tertiary/aromatic N) is 4. The lowest BCUT2D eigenvalue weighted by Gasteiger charge is -2.11. The number of halogens is 5. The average molecular weight is 471 g/mol. The molecular weight excluding hydrogens is 457 g/mol. The first-order valence-corrected chi connectivity index (χ1v) is 9.50. The van der Waals surface area contributed by atoms with E-state index >= 15 is 0 Å². The van der Waals surface area contributed by atoms with Crippen LogP contribution in [0.2, 0.25) is 0 Å². The second kappa shape index (κ2) is 8.26. The summed E-state index contributed by atoms with van der Waals surface area (Å²) in [7, 11) is 0. The molecule has 0 saturated heterocycles. The Bertz CT molecular complexity index is 1240. The summed E-state index contributed by atoms with van der Waals surface area (Å²) >= 11 is 0. The Morgan fingerprint density at radius 3 is 2.61 bits per heavy atom. The molecule has 1 aliphatic rings. The molecule has 3 aromatic rings. The molecule has 9 nitrogen and oxygen atoms in total. The van der Waals surface area contributed by atoms with E-state index in [-0.39, 0.29) is 34.3 Å². The van der Waals surface area contributed by atoms with Gasteiger partial charge in [-0.1, -0.05) is 0 Å². The maximum Gasteiger partial charge on any atom is 0.433 e. The molecule has 0 aliphatic heterocycles. The summed E-state index contributed by atoms with van der Waals surface area (Å²) in [5, 5.41) is 17.1. The Hall–Kier alpha value is -3.84. The molecule has 174 valence electrons. The van der Waals surface area contributed by atoms with Crippen molar-refractivity contribution in [1.82, 2.24) is 14.6 Å². The Balaban J connectivity index is 1.69. The van der Waals surface area contributed by atoms with Gasteiger partial charge >= 0.3 is 6.18 Å². The predicted molar refractivity (Wildman–Crippen MR) is 103 cm³/mol. The summed E-state index contributed by atoms with van der Waals surface area (Å²) in [5.41, 5.74) is -2.28. The number of fused-ring (bicyclic) bond motifs is 1. The lowest BCUT2D eigenvalue weighted by atomic mass is 10.2. The van der Waals surface area contributed by atoms with Gasteiger partial charge in [0.05, 0.1) is 22.9 Å². The Labute approximate surface area is 181 Å². The number of amides is 1. The fourth-order valence-corrected chi connectivity index (χ4v) is 3.13. The molecule has 0 spiro atoms. The SMILES string of the molecule is O=C(Nc1cc(OCC(F)F)cc([N+](=O)[O-])c1)c1cnn2c(C(F)(F)F)cc(C3CC3)nc12. The quantitative estimate of drug-likeness (QED) is 0.310. The van der Waals surface area contributed by atoms with Gasteiger partial charge < -0.3 is 10.1 Å². The van der Waals surface area contributed by atoms with E-state index in [1.807, 2.05) is 0 Å². The Kier molecular flexibility index (Phi) is 5.59. The van der Waals surface area contributed by atoms with Crippen molar-refractivity contribution < 1.29 is 36.4 Å². The summed E-state index contributed by atoms with van der Waals surface area (Å²) in [6.45, 7) is -1.03. The molecule has 1 saturated carbocycles. The lowest BCUT2D eigenvalue weighted by molar-refractivity contribution is -0.384. The summed E-state index contributed by atoms with van der Waals surface area (Å²) in [4.78, 5) is 27.3. The van der Waals surface area contributed by atoms with E-state index < -0.39 is 41.4 Å². The number of rotatable bonds is 7. The number of alkyl halides is 5. The zero-order valence-corrected chi connectivity index (χ0v) is 16.5. The summed E-state index contributed by atoms with van der Waals surface area (Å²) < 4.78 is 70.6. The van der Waals surface area contributed by atoms with Gasteiger partial charge in [-0.05, 0) is 18.9 Å². The minimum Gasteiger partial charge on any atom is -0.487 e. The van der Waals surface area contributed by atoms with Crippen molar-refractivity contribution in [2.24, 2.45) is 0 Å². The fourth-order valence-electron chi connectivity index (χ4n) is 3.13. The summed E-state index contributed by atoms with van der Waals surface area (Å²) in [6.07, 6.45) is -5.34. The Morgan fingerprint density at radius 1 is 1.27 bits per heavy atom. The van der Waals surface area contributed by atoms with E-state index in [4.69, 9.17) is 4.74 Å². The third kappa shape index (κ3) is 4.83. The molecule has 33 heavy (non-hydrogen) atoms. The predicted octanol–water partition coefficient (Wildman–Crippen LogP) is 4.43. The molecule has 1 fully saturated rings. The number of carbonyl (C=O) groups is 1. The second-order valence-corrected chi connectivity index (χ2v) is 7.26. The van der Waals surface area contributed by atoms with Crippen LogP contribution >= 0.6 is 0 Å². The number of anilines is 1. The standard InChI is InChI=1S/C19H14F5N5O4/c20-16(21)8-33-12-4-10(3-11(5-12)29(31)32)26-18(30)13-7-25-28-15(19(22,23)24)6-14(9-1-2-9)27-17(13)28/h3-7,9,16H,1-2,8H2,(H,26,30). The van der Waals surface area contributed by atoms with Crippen molar-refractivity contribution in [1.29, 1.82) is 0 Å². The maximum atomic E-state index is 13.5. The van der Waals surface area contributed by atoms with Crippen LogP contribution in [0.1, 0.15) is 40.5 Å². The molecule has 1 aliphatic carbocycles. The van der Waals surface area contributed by atoms with Gasteiger partial charge in [-0.2, -0.15) is 18.3 Å². The number of ether oxygens (including phenoxy) is 1. The number of nitrogens with one attached hydrogen (secondary N) is 1. The molecule has 2 heterocycles. The molecule has 4 rings (SSSR count). The van der Waals surface area contributed by atoms with Crippen LogP contribution in [0.5, 0.6) is 5.75 Å². The minimum absolute atomic E-state index is 0.145. The van der Waals surface area contributed by atoms with Gasteiger partial charge in [0, 0.05) is 23.7 Å². The second-order valence-electron chi connectivity index (χ2n) is 7.26. The molecular formula is C19H14F5N5O4. The van der Waals surface area contributed by atoms with Gasteiger partial charge in [0.25, 0.3) is 18.0 Å². The zero-order valence-electron chi connectivity index (χ0n) is 16.5. The lowest BCUT2D eigenvalue weighted by Crippen LogP contribution is -2.16. The van der Waals surface area contributed by atoms with Gasteiger partial charge in [-0.15, -0.1) is 0 Å². The van der Waals surface area contributed by atoms with Crippen molar-refractivity contribution in [2.45, 2.75) is 31.4 Å². The molecule has 1 amide bonds. The molecule has 0 unspecified atom stereocenters. The Morgan fingerprint density at radius 2 is 2.00 bits per heavy atom. The van der Waals surface area contributed by atoms with E-state index in [0.717, 1.165) is 30.5 Å².